The van der Waals surface area contributed by atoms with E-state index in [4.69, 9.17) is 10.6 Å². The molecule has 5 nitrogen and oxygen atoms in total. The lowest BCUT2D eigenvalue weighted by atomic mass is 10.1. The second kappa shape index (κ2) is 8.35. The Morgan fingerprint density at radius 3 is 2.50 bits per heavy atom. The molecule has 1 atom stereocenters. The molecule has 0 bridgehead atoms. The second-order valence-electron chi connectivity index (χ2n) is 4.51. The molecule has 0 saturated carbocycles. The summed E-state index contributed by atoms with van der Waals surface area (Å²) in [5, 5.41) is 0. The minimum atomic E-state index is 0.109. The molecule has 96 valence electrons. The monoisotopic (exact) mass is 230 g/mol. The molecule has 3 N–H and O–H groups in total. The predicted molar refractivity (Wildman–Crippen MR) is 68.2 cm³/mol. The van der Waals surface area contributed by atoms with E-state index in [1.54, 1.807) is 7.11 Å². The Morgan fingerprint density at radius 2 is 2.06 bits per heavy atom. The van der Waals surface area contributed by atoms with Gasteiger partial charge in [-0.1, -0.05) is 13.8 Å². The number of aliphatic imine (C=N–C) groups is 1. The summed E-state index contributed by atoms with van der Waals surface area (Å²) in [4.78, 5) is 6.48. The van der Waals surface area contributed by atoms with Gasteiger partial charge in [-0.25, -0.2) is 10.8 Å². The molecule has 0 spiro atoms. The van der Waals surface area contributed by atoms with Crippen LogP contribution in [0, 0.1) is 5.92 Å². The van der Waals surface area contributed by atoms with Crippen molar-refractivity contribution >= 4 is 5.96 Å². The highest BCUT2D eigenvalue weighted by Crippen LogP contribution is 2.01. The quantitative estimate of drug-likeness (QED) is 0.307. The topological polar surface area (TPSA) is 62.9 Å². The third-order valence-corrected chi connectivity index (χ3v) is 2.28. The van der Waals surface area contributed by atoms with E-state index in [9.17, 15) is 0 Å². The summed E-state index contributed by atoms with van der Waals surface area (Å²) >= 11 is 0. The minimum absolute atomic E-state index is 0.109. The number of hydrazine groups is 1. The molecule has 0 fully saturated rings. The summed E-state index contributed by atoms with van der Waals surface area (Å²) < 4.78 is 5.03. The molecule has 0 rings (SSSR count). The van der Waals surface area contributed by atoms with Crippen LogP contribution >= 0.6 is 0 Å². The summed E-state index contributed by atoms with van der Waals surface area (Å²) in [5.41, 5.74) is 2.64. The normalized spacial score (nSPS) is 14.1. The standard InChI is InChI=1S/C11H26N4O/c1-9(2)6-7-15(4)11(14-12)13-10(3)8-16-5/h9-10H,6-8,12H2,1-5H3,(H,13,14). The van der Waals surface area contributed by atoms with Crippen molar-refractivity contribution in [3.05, 3.63) is 0 Å². The number of nitrogens with one attached hydrogen (secondary N) is 1. The Labute approximate surface area is 99.0 Å². The van der Waals surface area contributed by atoms with E-state index in [0.29, 0.717) is 18.5 Å². The first-order valence-electron chi connectivity index (χ1n) is 5.75. The van der Waals surface area contributed by atoms with E-state index in [2.05, 4.69) is 24.3 Å². The van der Waals surface area contributed by atoms with Crippen LogP contribution in [0.5, 0.6) is 0 Å². The van der Waals surface area contributed by atoms with Crippen molar-refractivity contribution in [1.29, 1.82) is 0 Å². The lowest BCUT2D eigenvalue weighted by molar-refractivity contribution is 0.185. The Balaban J connectivity index is 4.23. The van der Waals surface area contributed by atoms with Crippen LogP contribution in [-0.4, -0.2) is 44.2 Å². The van der Waals surface area contributed by atoms with Gasteiger partial charge in [0.2, 0.25) is 5.96 Å². The Kier molecular flexibility index (Phi) is 7.93. The van der Waals surface area contributed by atoms with Crippen molar-refractivity contribution < 1.29 is 4.74 Å². The third kappa shape index (κ3) is 6.63. The van der Waals surface area contributed by atoms with Gasteiger partial charge < -0.3 is 9.64 Å². The Morgan fingerprint density at radius 1 is 1.44 bits per heavy atom. The summed E-state index contributed by atoms with van der Waals surface area (Å²) in [5.74, 6) is 6.85. The van der Waals surface area contributed by atoms with E-state index in [-0.39, 0.29) is 6.04 Å². The van der Waals surface area contributed by atoms with E-state index < -0.39 is 0 Å². The molecule has 0 amide bonds. The first-order chi connectivity index (χ1) is 7.51. The van der Waals surface area contributed by atoms with Crippen LogP contribution in [0.1, 0.15) is 27.2 Å². The number of guanidine groups is 1. The van der Waals surface area contributed by atoms with Crippen molar-refractivity contribution in [3.8, 4) is 0 Å². The zero-order valence-electron chi connectivity index (χ0n) is 11.2. The largest absolute Gasteiger partial charge is 0.382 e. The number of nitrogens with two attached hydrogens (primary N) is 1. The minimum Gasteiger partial charge on any atom is -0.382 e. The van der Waals surface area contributed by atoms with Crippen LogP contribution in [0.25, 0.3) is 0 Å². The molecular formula is C11H26N4O. The number of hydrogen-bond donors (Lipinski definition) is 2. The third-order valence-electron chi connectivity index (χ3n) is 2.28. The second-order valence-corrected chi connectivity index (χ2v) is 4.51. The maximum Gasteiger partial charge on any atom is 0.208 e. The van der Waals surface area contributed by atoms with Crippen LogP contribution in [-0.2, 0) is 4.74 Å². The van der Waals surface area contributed by atoms with Gasteiger partial charge in [-0.3, -0.25) is 5.43 Å². The SMILES string of the molecule is COCC(C)N=C(NN)N(C)CCC(C)C. The molecule has 0 aliphatic rings. The molecule has 0 aliphatic heterocycles. The van der Waals surface area contributed by atoms with Crippen LogP contribution in [0.4, 0.5) is 0 Å². The first kappa shape index (κ1) is 15.2. The van der Waals surface area contributed by atoms with Crippen molar-refractivity contribution in [2.24, 2.45) is 16.8 Å². The summed E-state index contributed by atoms with van der Waals surface area (Å²) in [7, 11) is 3.66. The predicted octanol–water partition coefficient (Wildman–Crippen LogP) is 0.819. The lowest BCUT2D eigenvalue weighted by Gasteiger charge is -2.22. The van der Waals surface area contributed by atoms with E-state index in [1.165, 1.54) is 0 Å². The van der Waals surface area contributed by atoms with E-state index in [0.717, 1.165) is 13.0 Å². The van der Waals surface area contributed by atoms with Crippen LogP contribution < -0.4 is 11.3 Å². The van der Waals surface area contributed by atoms with Crippen LogP contribution in [0.15, 0.2) is 4.99 Å². The number of nitrogens with zero attached hydrogens (tertiary/aromatic N) is 2. The molecule has 0 aromatic carbocycles. The number of methoxy groups -OCH3 is 1. The summed E-state index contributed by atoms with van der Waals surface area (Å²) in [6.07, 6.45) is 1.12. The van der Waals surface area contributed by atoms with Crippen molar-refractivity contribution in [3.63, 3.8) is 0 Å². The fourth-order valence-electron chi connectivity index (χ4n) is 1.29. The van der Waals surface area contributed by atoms with Crippen LogP contribution in [0.3, 0.4) is 0 Å². The van der Waals surface area contributed by atoms with Crippen LogP contribution in [0.2, 0.25) is 0 Å². The smallest absolute Gasteiger partial charge is 0.208 e. The fourth-order valence-corrected chi connectivity index (χ4v) is 1.29. The zero-order valence-corrected chi connectivity index (χ0v) is 11.2. The number of rotatable bonds is 6. The van der Waals surface area contributed by atoms with Gasteiger partial charge in [0, 0.05) is 20.7 Å². The summed E-state index contributed by atoms with van der Waals surface area (Å²) in [6, 6.07) is 0.109. The molecule has 0 aromatic rings. The average Bonchev–Trinajstić information content (AvgIpc) is 2.22. The maximum absolute atomic E-state index is 5.46. The fraction of sp³-hybridized carbons (Fsp3) is 0.909. The van der Waals surface area contributed by atoms with Gasteiger partial charge in [0.05, 0.1) is 12.6 Å². The molecular weight excluding hydrogens is 204 g/mol. The first-order valence-corrected chi connectivity index (χ1v) is 5.75. The molecule has 5 heteroatoms. The Hall–Kier alpha value is -0.810. The average molecular weight is 230 g/mol. The summed E-state index contributed by atoms with van der Waals surface area (Å²) in [6.45, 7) is 7.95. The van der Waals surface area contributed by atoms with Gasteiger partial charge in [-0.05, 0) is 19.3 Å². The molecule has 0 radical (unpaired) electrons. The highest BCUT2D eigenvalue weighted by molar-refractivity contribution is 5.79. The molecule has 0 aliphatic carbocycles. The number of ether oxygens (including phenoxy) is 1. The zero-order chi connectivity index (χ0) is 12.6. The highest BCUT2D eigenvalue weighted by atomic mass is 16.5. The Bertz CT molecular complexity index is 206. The molecule has 0 saturated heterocycles. The molecule has 0 heterocycles. The van der Waals surface area contributed by atoms with E-state index in [1.807, 2.05) is 18.9 Å². The maximum atomic E-state index is 5.46. The number of hydrogen-bond acceptors (Lipinski definition) is 3. The van der Waals surface area contributed by atoms with Gasteiger partial charge in [0.15, 0.2) is 0 Å². The highest BCUT2D eigenvalue weighted by Gasteiger charge is 2.08. The molecule has 16 heavy (non-hydrogen) atoms. The van der Waals surface area contributed by atoms with Gasteiger partial charge in [-0.2, -0.15) is 0 Å². The lowest BCUT2D eigenvalue weighted by Crippen LogP contribution is -2.44. The van der Waals surface area contributed by atoms with Gasteiger partial charge in [-0.15, -0.1) is 0 Å². The van der Waals surface area contributed by atoms with E-state index >= 15 is 0 Å². The van der Waals surface area contributed by atoms with Gasteiger partial charge in [0.25, 0.3) is 0 Å². The van der Waals surface area contributed by atoms with Gasteiger partial charge >= 0.3 is 0 Å². The van der Waals surface area contributed by atoms with Crippen molar-refractivity contribution in [2.45, 2.75) is 33.2 Å². The van der Waals surface area contributed by atoms with Crippen molar-refractivity contribution in [2.75, 3.05) is 27.3 Å². The molecule has 1 unspecified atom stereocenters. The molecule has 0 aromatic heterocycles. The van der Waals surface area contributed by atoms with Gasteiger partial charge in [0.1, 0.15) is 0 Å². The van der Waals surface area contributed by atoms with Crippen molar-refractivity contribution in [1.82, 2.24) is 10.3 Å².